The molecule has 1 amide bonds. The Morgan fingerprint density at radius 1 is 1.00 bits per heavy atom. The van der Waals surface area contributed by atoms with Crippen LogP contribution >= 0.6 is 0 Å². The number of pyridine rings is 1. The van der Waals surface area contributed by atoms with Crippen LogP contribution in [0.3, 0.4) is 0 Å². The highest BCUT2D eigenvalue weighted by molar-refractivity contribution is 7.92. The zero-order valence-corrected chi connectivity index (χ0v) is 17.6. The number of aromatic nitrogens is 1. The van der Waals surface area contributed by atoms with E-state index in [4.69, 9.17) is 0 Å². The second-order valence-corrected chi connectivity index (χ2v) is 8.60. The van der Waals surface area contributed by atoms with Crippen LogP contribution in [0.1, 0.15) is 11.1 Å². The van der Waals surface area contributed by atoms with Crippen molar-refractivity contribution in [3.63, 3.8) is 0 Å². The number of hydrogen-bond acceptors (Lipinski definition) is 4. The van der Waals surface area contributed by atoms with Crippen LogP contribution in [0.2, 0.25) is 0 Å². The molecule has 0 saturated heterocycles. The van der Waals surface area contributed by atoms with E-state index >= 15 is 0 Å². The molecule has 0 radical (unpaired) electrons. The van der Waals surface area contributed by atoms with Gasteiger partial charge in [0.25, 0.3) is 10.0 Å². The second kappa shape index (κ2) is 9.22. The lowest BCUT2D eigenvalue weighted by Crippen LogP contribution is -2.38. The molecule has 13 heteroatoms. The number of carbonyl (C=O) groups is 1. The van der Waals surface area contributed by atoms with E-state index in [1.165, 1.54) is 24.5 Å². The lowest BCUT2D eigenvalue weighted by molar-refractivity contribution is -0.143. The Labute approximate surface area is 189 Å². The van der Waals surface area contributed by atoms with Gasteiger partial charge in [-0.2, -0.15) is 26.3 Å². The average Bonchev–Trinajstić information content (AvgIpc) is 2.77. The first-order valence-electron chi connectivity index (χ1n) is 9.18. The third-order valence-corrected chi connectivity index (χ3v) is 6.08. The highest BCUT2D eigenvalue weighted by Crippen LogP contribution is 2.39. The maximum absolute atomic E-state index is 13.3. The van der Waals surface area contributed by atoms with Crippen molar-refractivity contribution in [2.75, 3.05) is 16.2 Å². The summed E-state index contributed by atoms with van der Waals surface area (Å²) in [6.07, 6.45) is -7.85. The molecule has 0 saturated carbocycles. The van der Waals surface area contributed by atoms with Crippen molar-refractivity contribution in [3.05, 3.63) is 84.2 Å². The highest BCUT2D eigenvalue weighted by Gasteiger charge is 2.39. The van der Waals surface area contributed by atoms with Gasteiger partial charge in [-0.15, -0.1) is 0 Å². The van der Waals surface area contributed by atoms with E-state index in [0.717, 1.165) is 18.2 Å². The van der Waals surface area contributed by atoms with E-state index in [-0.39, 0.29) is 28.2 Å². The van der Waals surface area contributed by atoms with Gasteiger partial charge in [0.1, 0.15) is 6.54 Å². The van der Waals surface area contributed by atoms with Gasteiger partial charge in [0.2, 0.25) is 5.91 Å². The largest absolute Gasteiger partial charge is 0.416 e. The number of nitrogens with one attached hydrogen (secondary N) is 1. The zero-order valence-electron chi connectivity index (χ0n) is 16.8. The molecule has 1 heterocycles. The van der Waals surface area contributed by atoms with E-state index in [9.17, 15) is 39.6 Å². The fraction of sp³-hybridized carbons (Fsp3) is 0.143. The number of alkyl halides is 6. The van der Waals surface area contributed by atoms with Crippen molar-refractivity contribution in [2.24, 2.45) is 0 Å². The highest BCUT2D eigenvalue weighted by atomic mass is 32.2. The molecule has 3 rings (SSSR count). The van der Waals surface area contributed by atoms with E-state index in [2.05, 4.69) is 22.4 Å². The lowest BCUT2D eigenvalue weighted by atomic mass is 10.1. The molecular weight excluding hydrogens is 488 g/mol. The third-order valence-electron chi connectivity index (χ3n) is 4.31. The van der Waals surface area contributed by atoms with E-state index < -0.39 is 56.5 Å². The minimum absolute atomic E-state index is 0.132. The molecule has 0 fully saturated rings. The van der Waals surface area contributed by atoms with Crippen LogP contribution in [0.5, 0.6) is 0 Å². The smallest absolute Gasteiger partial charge is 0.323 e. The molecule has 0 bridgehead atoms. The van der Waals surface area contributed by atoms with Crippen LogP contribution in [0.15, 0.2) is 65.8 Å². The molecule has 3 aromatic rings. The van der Waals surface area contributed by atoms with Gasteiger partial charge in [-0.25, -0.2) is 8.42 Å². The van der Waals surface area contributed by atoms with E-state index in [0.29, 0.717) is 0 Å². The number of anilines is 2. The van der Waals surface area contributed by atoms with Crippen LogP contribution in [-0.4, -0.2) is 25.9 Å². The summed E-state index contributed by atoms with van der Waals surface area (Å²) in [5.41, 5.74) is -4.35. The number of benzene rings is 1. The van der Waals surface area contributed by atoms with Crippen LogP contribution in [0.4, 0.5) is 37.7 Å². The monoisotopic (exact) mass is 501 g/mol. The van der Waals surface area contributed by atoms with Crippen molar-refractivity contribution in [3.8, 4) is 0 Å². The molecule has 1 aromatic heterocycles. The van der Waals surface area contributed by atoms with Gasteiger partial charge < -0.3 is 5.32 Å². The van der Waals surface area contributed by atoms with Crippen molar-refractivity contribution in [1.29, 1.82) is 0 Å². The summed E-state index contributed by atoms with van der Waals surface area (Å²) in [7, 11) is -4.80. The Kier molecular flexibility index (Phi) is 6.74. The number of halogens is 6. The maximum atomic E-state index is 13.3. The standard InChI is InChI=1S/C21H13F6N3O3S/c22-20(23,24)14-9-15(21(25,26)27)11-17(10-14)30(34(32,33)18-6-2-1-3-7-18)13-19(31)29-16-5-4-8-28-12-16/h2,4-12H,13H2,(H,29,31). The number of hydrogen-bond donors (Lipinski definition) is 1. The van der Waals surface area contributed by atoms with Gasteiger partial charge in [-0.1, -0.05) is 12.1 Å². The van der Waals surface area contributed by atoms with Crippen LogP contribution in [0.25, 0.3) is 0 Å². The average molecular weight is 501 g/mol. The predicted molar refractivity (Wildman–Crippen MR) is 108 cm³/mol. The summed E-state index contributed by atoms with van der Waals surface area (Å²) in [4.78, 5) is 15.8. The van der Waals surface area contributed by atoms with Crippen LogP contribution < -0.4 is 9.62 Å². The third kappa shape index (κ3) is 5.76. The quantitative estimate of drug-likeness (QED) is 0.503. The van der Waals surface area contributed by atoms with Gasteiger partial charge in [0.15, 0.2) is 0 Å². The molecule has 0 unspecified atom stereocenters. The maximum Gasteiger partial charge on any atom is 0.416 e. The summed E-state index contributed by atoms with van der Waals surface area (Å²) in [5, 5.41) is 2.29. The van der Waals surface area contributed by atoms with Gasteiger partial charge >= 0.3 is 12.4 Å². The second-order valence-electron chi connectivity index (χ2n) is 6.73. The number of carbonyl (C=O) groups excluding carboxylic acids is 1. The number of amides is 1. The van der Waals surface area contributed by atoms with E-state index in [1.807, 2.05) is 0 Å². The molecule has 0 aliphatic carbocycles. The molecule has 34 heavy (non-hydrogen) atoms. The van der Waals surface area contributed by atoms with Gasteiger partial charge in [-0.05, 0) is 42.5 Å². The molecule has 1 N–H and O–H groups in total. The predicted octanol–water partition coefficient (Wildman–Crippen LogP) is 4.55. The minimum Gasteiger partial charge on any atom is -0.323 e. The van der Waals surface area contributed by atoms with Crippen molar-refractivity contribution >= 4 is 27.3 Å². The minimum atomic E-state index is -5.22. The summed E-state index contributed by atoms with van der Waals surface area (Å²) in [6.45, 7) is -1.13. The van der Waals surface area contributed by atoms with Crippen molar-refractivity contribution < 1.29 is 39.6 Å². The van der Waals surface area contributed by atoms with Gasteiger partial charge in [0, 0.05) is 12.3 Å². The molecule has 2 aromatic carbocycles. The fourth-order valence-electron chi connectivity index (χ4n) is 2.79. The lowest BCUT2D eigenvalue weighted by Gasteiger charge is -2.25. The summed E-state index contributed by atoms with van der Waals surface area (Å²) < 4.78 is 107. The topological polar surface area (TPSA) is 79.4 Å². The first kappa shape index (κ1) is 24.8. The molecule has 0 spiro atoms. The molecule has 6 nitrogen and oxygen atoms in total. The SMILES string of the molecule is O=C(CN(c1cc(C(F)(F)F)cc(C(F)(F)F)c1)S(=O)(=O)c1cc#ccc1)Nc1cccnc1. The number of nitrogens with zero attached hydrogens (tertiary/aromatic N) is 2. The Balaban J connectivity index is 2.14. The molecular formula is C21H13F6N3O3S. The van der Waals surface area contributed by atoms with Gasteiger partial charge in [0.05, 0.1) is 33.6 Å². The molecule has 0 aliphatic heterocycles. The van der Waals surface area contributed by atoms with Crippen molar-refractivity contribution in [1.82, 2.24) is 4.98 Å². The number of sulfonamides is 1. The van der Waals surface area contributed by atoms with Gasteiger partial charge in [-0.3, -0.25) is 14.1 Å². The molecule has 178 valence electrons. The van der Waals surface area contributed by atoms with Crippen LogP contribution in [0, 0.1) is 12.1 Å². The Hall–Kier alpha value is -3.79. The first-order valence-corrected chi connectivity index (χ1v) is 10.6. The normalized spacial score (nSPS) is 12.1. The molecule has 0 atom stereocenters. The Morgan fingerprint density at radius 2 is 1.65 bits per heavy atom. The molecule has 0 aliphatic rings. The van der Waals surface area contributed by atoms with E-state index in [1.54, 1.807) is 0 Å². The van der Waals surface area contributed by atoms with Crippen molar-refractivity contribution in [2.45, 2.75) is 17.2 Å². The Bertz CT molecular complexity index is 1230. The first-order chi connectivity index (χ1) is 15.8. The summed E-state index contributed by atoms with van der Waals surface area (Å²) in [6, 6.07) is 11.0. The fourth-order valence-corrected chi connectivity index (χ4v) is 4.16. The summed E-state index contributed by atoms with van der Waals surface area (Å²) in [5.74, 6) is -1.03. The Morgan fingerprint density at radius 3 is 2.15 bits per heavy atom. The zero-order chi connectivity index (χ0) is 25.1. The van der Waals surface area contributed by atoms with Crippen LogP contribution in [-0.2, 0) is 27.2 Å². The number of rotatable bonds is 6. The summed E-state index contributed by atoms with van der Waals surface area (Å²) >= 11 is 0.